The van der Waals surface area contributed by atoms with Crippen molar-refractivity contribution < 1.29 is 26.4 Å². The van der Waals surface area contributed by atoms with Crippen LogP contribution in [0.2, 0.25) is 5.02 Å². The zero-order valence-electron chi connectivity index (χ0n) is 19.0. The molecule has 35 heavy (non-hydrogen) atoms. The van der Waals surface area contributed by atoms with Crippen molar-refractivity contribution in [1.82, 2.24) is 9.99 Å². The smallest absolute Gasteiger partial charge is 0.316 e. The zero-order chi connectivity index (χ0) is 26.0. The van der Waals surface area contributed by atoms with Gasteiger partial charge in [-0.1, -0.05) is 29.8 Å². The van der Waals surface area contributed by atoms with Gasteiger partial charge in [-0.3, -0.25) is 9.10 Å². The molecule has 0 saturated heterocycles. The van der Waals surface area contributed by atoms with E-state index in [1.807, 2.05) is 42.7 Å². The second kappa shape index (κ2) is 10.1. The first-order valence-electron chi connectivity index (χ1n) is 10.2. The predicted molar refractivity (Wildman–Crippen MR) is 130 cm³/mol. The molecule has 12 heteroatoms. The average molecular weight is 527 g/mol. The van der Waals surface area contributed by atoms with Crippen molar-refractivity contribution in [3.05, 3.63) is 82.1 Å². The highest BCUT2D eigenvalue weighted by Gasteiger charge is 2.32. The number of hydrazone groups is 1. The Morgan fingerprint density at radius 3 is 2.46 bits per heavy atom. The van der Waals surface area contributed by atoms with Crippen LogP contribution in [-0.2, 0) is 21.0 Å². The van der Waals surface area contributed by atoms with Gasteiger partial charge >= 0.3 is 6.18 Å². The number of alkyl halides is 3. The molecular weight excluding hydrogens is 505 g/mol. The lowest BCUT2D eigenvalue weighted by Gasteiger charge is -2.22. The third-order valence-electron chi connectivity index (χ3n) is 5.11. The number of aryl methyl sites for hydroxylation is 1. The Morgan fingerprint density at radius 2 is 1.83 bits per heavy atom. The number of nitrogens with zero attached hydrogens (tertiary/aromatic N) is 3. The van der Waals surface area contributed by atoms with E-state index in [4.69, 9.17) is 11.6 Å². The maximum atomic E-state index is 13.0. The molecule has 3 rings (SSSR count). The van der Waals surface area contributed by atoms with E-state index in [0.29, 0.717) is 21.0 Å². The first-order chi connectivity index (χ1) is 16.3. The fourth-order valence-electron chi connectivity index (χ4n) is 3.50. The molecule has 1 heterocycles. The van der Waals surface area contributed by atoms with Gasteiger partial charge in [0.25, 0.3) is 5.91 Å². The lowest BCUT2D eigenvalue weighted by molar-refractivity contribution is -0.137. The predicted octanol–water partition coefficient (Wildman–Crippen LogP) is 4.68. The van der Waals surface area contributed by atoms with E-state index in [9.17, 15) is 26.4 Å². The van der Waals surface area contributed by atoms with Crippen molar-refractivity contribution in [2.45, 2.75) is 20.0 Å². The number of para-hydroxylation sites is 1. The zero-order valence-corrected chi connectivity index (χ0v) is 20.5. The quantitative estimate of drug-likeness (QED) is 0.358. The van der Waals surface area contributed by atoms with Crippen molar-refractivity contribution >= 4 is 39.4 Å². The first-order valence-corrected chi connectivity index (χ1v) is 12.4. The van der Waals surface area contributed by atoms with E-state index in [0.717, 1.165) is 35.5 Å². The number of nitrogens with one attached hydrogen (secondary N) is 1. The summed E-state index contributed by atoms with van der Waals surface area (Å²) in [4.78, 5) is 12.4. The molecule has 1 aromatic heterocycles. The molecular formula is C23H22ClF3N4O3S. The molecule has 186 valence electrons. The van der Waals surface area contributed by atoms with Crippen LogP contribution < -0.4 is 9.73 Å². The molecule has 0 saturated carbocycles. The van der Waals surface area contributed by atoms with Crippen LogP contribution in [-0.4, -0.2) is 37.9 Å². The Kier molecular flexibility index (Phi) is 7.61. The Bertz CT molecular complexity index is 1380. The van der Waals surface area contributed by atoms with Gasteiger partial charge in [0.15, 0.2) is 0 Å². The van der Waals surface area contributed by atoms with Crippen molar-refractivity contribution in [2.75, 3.05) is 17.1 Å². The van der Waals surface area contributed by atoms with Crippen LogP contribution in [0.1, 0.15) is 22.5 Å². The highest BCUT2D eigenvalue weighted by molar-refractivity contribution is 7.92. The van der Waals surface area contributed by atoms with Crippen LogP contribution in [0.3, 0.4) is 0 Å². The second-order valence-electron chi connectivity index (χ2n) is 7.72. The summed E-state index contributed by atoms with van der Waals surface area (Å²) in [7, 11) is -4.06. The fraction of sp³-hybridized carbons (Fsp3) is 0.217. The van der Waals surface area contributed by atoms with E-state index in [-0.39, 0.29) is 5.69 Å². The minimum atomic E-state index is -4.66. The number of carbonyl (C=O) groups is 1. The van der Waals surface area contributed by atoms with Crippen LogP contribution in [0.5, 0.6) is 0 Å². The average Bonchev–Trinajstić information content (AvgIpc) is 3.04. The maximum Gasteiger partial charge on any atom is 0.416 e. The number of aromatic nitrogens is 1. The summed E-state index contributed by atoms with van der Waals surface area (Å²) in [5.74, 6) is -0.830. The molecule has 0 radical (unpaired) electrons. The van der Waals surface area contributed by atoms with Crippen LogP contribution in [0, 0.1) is 13.8 Å². The Labute approximate surface area is 205 Å². The van der Waals surface area contributed by atoms with Gasteiger partial charge in [-0.2, -0.15) is 18.3 Å². The van der Waals surface area contributed by atoms with Crippen molar-refractivity contribution in [1.29, 1.82) is 0 Å². The molecule has 1 N–H and O–H groups in total. The number of benzene rings is 2. The molecule has 0 aliphatic heterocycles. The molecule has 0 spiro atoms. The van der Waals surface area contributed by atoms with E-state index >= 15 is 0 Å². The van der Waals surface area contributed by atoms with Crippen molar-refractivity contribution in [3.8, 4) is 5.69 Å². The molecule has 1 amide bonds. The standard InChI is InChI=1S/C23H22ClF3N4O3S/c1-15-11-17(16(2)31(15)21-10-5-4-9-20(21)24)13-28-29-22(32)14-30(35(3,33)34)19-8-6-7-18(12-19)23(25,26)27/h4-13H,14H2,1-3H3,(H,29,32)/b28-13-. The molecule has 2 aromatic carbocycles. The van der Waals surface area contributed by atoms with Crippen LogP contribution in [0.4, 0.5) is 18.9 Å². The number of hydrogen-bond acceptors (Lipinski definition) is 4. The number of halogens is 4. The largest absolute Gasteiger partial charge is 0.416 e. The van der Waals surface area contributed by atoms with Gasteiger partial charge in [0.2, 0.25) is 10.0 Å². The van der Waals surface area contributed by atoms with E-state index < -0.39 is 34.2 Å². The molecule has 3 aromatic rings. The number of carbonyl (C=O) groups excluding carboxylic acids is 1. The summed E-state index contributed by atoms with van der Waals surface area (Å²) in [6.07, 6.45) is -2.47. The number of sulfonamides is 1. The van der Waals surface area contributed by atoms with Gasteiger partial charge in [-0.05, 0) is 50.2 Å². The monoisotopic (exact) mass is 526 g/mol. The summed E-state index contributed by atoms with van der Waals surface area (Å²) < 4.78 is 66.0. The first kappa shape index (κ1) is 26.3. The number of rotatable bonds is 7. The van der Waals surface area contributed by atoms with Crippen molar-refractivity contribution in [2.24, 2.45) is 5.10 Å². The summed E-state index contributed by atoms with van der Waals surface area (Å²) in [6.45, 7) is 2.97. The maximum absolute atomic E-state index is 13.0. The lowest BCUT2D eigenvalue weighted by atomic mass is 10.2. The van der Waals surface area contributed by atoms with Gasteiger partial charge in [0.1, 0.15) is 6.54 Å². The van der Waals surface area contributed by atoms with Gasteiger partial charge in [-0.15, -0.1) is 0 Å². The Balaban J connectivity index is 1.78. The second-order valence-corrected chi connectivity index (χ2v) is 10.0. The minimum Gasteiger partial charge on any atom is -0.316 e. The Hall–Kier alpha value is -3.31. The van der Waals surface area contributed by atoms with E-state index in [1.54, 1.807) is 6.07 Å². The van der Waals surface area contributed by atoms with Gasteiger partial charge in [-0.25, -0.2) is 13.8 Å². The molecule has 0 bridgehead atoms. The summed E-state index contributed by atoms with van der Waals surface area (Å²) in [6, 6.07) is 12.9. The number of hydrogen-bond donors (Lipinski definition) is 1. The van der Waals surface area contributed by atoms with Crippen molar-refractivity contribution in [3.63, 3.8) is 0 Å². The fourth-order valence-corrected chi connectivity index (χ4v) is 4.57. The number of anilines is 1. The van der Waals surface area contributed by atoms with Gasteiger partial charge < -0.3 is 4.57 Å². The Morgan fingerprint density at radius 1 is 1.14 bits per heavy atom. The number of amides is 1. The van der Waals surface area contributed by atoms with Crippen LogP contribution >= 0.6 is 11.6 Å². The van der Waals surface area contributed by atoms with Gasteiger partial charge in [0, 0.05) is 17.0 Å². The summed E-state index contributed by atoms with van der Waals surface area (Å²) >= 11 is 6.30. The van der Waals surface area contributed by atoms with E-state index in [1.165, 1.54) is 12.3 Å². The van der Waals surface area contributed by atoms with Gasteiger partial charge in [0.05, 0.1) is 34.4 Å². The highest BCUT2D eigenvalue weighted by atomic mass is 35.5. The summed E-state index contributed by atoms with van der Waals surface area (Å²) in [5, 5.41) is 4.44. The normalized spacial score (nSPS) is 12.2. The topological polar surface area (TPSA) is 83.8 Å². The van der Waals surface area contributed by atoms with Crippen LogP contribution in [0.15, 0.2) is 59.7 Å². The third kappa shape index (κ3) is 6.23. The molecule has 0 unspecified atom stereocenters. The molecule has 7 nitrogen and oxygen atoms in total. The molecule has 0 fully saturated rings. The third-order valence-corrected chi connectivity index (χ3v) is 6.57. The molecule has 0 aliphatic carbocycles. The summed E-state index contributed by atoms with van der Waals surface area (Å²) in [5.41, 5.74) is 4.03. The molecule has 0 atom stereocenters. The highest BCUT2D eigenvalue weighted by Crippen LogP contribution is 2.32. The molecule has 0 aliphatic rings. The lowest BCUT2D eigenvalue weighted by Crippen LogP contribution is -2.39. The SMILES string of the molecule is Cc1cc(/C=N\NC(=O)CN(c2cccc(C(F)(F)F)c2)S(C)(=O)=O)c(C)n1-c1ccccc1Cl. The van der Waals surface area contributed by atoms with Crippen LogP contribution in [0.25, 0.3) is 5.69 Å². The van der Waals surface area contributed by atoms with E-state index in [2.05, 4.69) is 10.5 Å². The minimum absolute atomic E-state index is 0.287.